The summed E-state index contributed by atoms with van der Waals surface area (Å²) in [6.07, 6.45) is 0.149. The van der Waals surface area contributed by atoms with Crippen LogP contribution in [0.25, 0.3) is 0 Å². The van der Waals surface area contributed by atoms with Crippen LogP contribution in [0.2, 0.25) is 5.15 Å². The second-order valence-electron chi connectivity index (χ2n) is 6.46. The summed E-state index contributed by atoms with van der Waals surface area (Å²) in [4.78, 5) is 24.6. The van der Waals surface area contributed by atoms with E-state index in [9.17, 15) is 9.59 Å². The predicted molar refractivity (Wildman–Crippen MR) is 117 cm³/mol. The van der Waals surface area contributed by atoms with E-state index in [0.717, 1.165) is 10.0 Å². The number of rotatable bonds is 7. The molecule has 8 heteroatoms. The van der Waals surface area contributed by atoms with Gasteiger partial charge in [0.25, 0.3) is 5.91 Å². The number of amides is 2. The third-order valence-corrected chi connectivity index (χ3v) is 5.15. The number of nitrogens with one attached hydrogen (secondary N) is 2. The first-order valence-electron chi connectivity index (χ1n) is 9.04. The molecule has 3 aromatic rings. The molecule has 0 spiro atoms. The number of carbonyl (C=O) groups is 2. The second kappa shape index (κ2) is 9.71. The van der Waals surface area contributed by atoms with Crippen LogP contribution < -0.4 is 10.6 Å². The topological polar surface area (TPSA) is 76.0 Å². The highest BCUT2D eigenvalue weighted by atomic mass is 79.9. The molecule has 0 saturated carbocycles. The van der Waals surface area contributed by atoms with Gasteiger partial charge in [0.1, 0.15) is 5.15 Å². The Balaban J connectivity index is 1.55. The van der Waals surface area contributed by atoms with Crippen LogP contribution in [0, 0.1) is 6.92 Å². The number of carbonyl (C=O) groups excluding carboxylic acids is 2. The quantitative estimate of drug-likeness (QED) is 0.531. The number of anilines is 1. The summed E-state index contributed by atoms with van der Waals surface area (Å²) in [5, 5.41) is 10.2. The van der Waals surface area contributed by atoms with Gasteiger partial charge in [-0.05, 0) is 36.8 Å². The van der Waals surface area contributed by atoms with Gasteiger partial charge in [0, 0.05) is 23.1 Å². The third-order valence-electron chi connectivity index (χ3n) is 4.23. The number of aryl methyl sites for hydroxylation is 1. The standard InChI is InChI=1S/C21H20BrClN4O2/c1-14-19(20(23)27(26-14)13-15-5-3-2-4-6-15)21(29)24-12-11-18(28)25-17-9-7-16(22)8-10-17/h2-10H,11-13H2,1H3,(H,24,29)(H,25,28). The smallest absolute Gasteiger partial charge is 0.256 e. The van der Waals surface area contributed by atoms with Crippen LogP contribution in [0.1, 0.15) is 28.0 Å². The third kappa shape index (κ3) is 5.68. The lowest BCUT2D eigenvalue weighted by atomic mass is 10.2. The van der Waals surface area contributed by atoms with Gasteiger partial charge in [0.2, 0.25) is 5.91 Å². The Hall–Kier alpha value is -2.64. The molecule has 2 N–H and O–H groups in total. The minimum Gasteiger partial charge on any atom is -0.351 e. The first-order chi connectivity index (χ1) is 13.9. The van der Waals surface area contributed by atoms with Crippen LogP contribution in [-0.4, -0.2) is 28.1 Å². The average molecular weight is 476 g/mol. The molecule has 0 saturated heterocycles. The average Bonchev–Trinajstić information content (AvgIpc) is 2.97. The summed E-state index contributed by atoms with van der Waals surface area (Å²) in [5.41, 5.74) is 2.61. The molecule has 2 aromatic carbocycles. The largest absolute Gasteiger partial charge is 0.351 e. The van der Waals surface area contributed by atoms with Crippen molar-refractivity contribution in [3.63, 3.8) is 0 Å². The van der Waals surface area contributed by atoms with Crippen molar-refractivity contribution < 1.29 is 9.59 Å². The fraction of sp³-hybridized carbons (Fsp3) is 0.190. The molecular formula is C21H20BrClN4O2. The number of hydrogen-bond donors (Lipinski definition) is 2. The highest BCUT2D eigenvalue weighted by Gasteiger charge is 2.20. The molecule has 0 bridgehead atoms. The molecule has 6 nitrogen and oxygen atoms in total. The number of hydrogen-bond acceptors (Lipinski definition) is 3. The van der Waals surface area contributed by atoms with Crippen molar-refractivity contribution in [3.05, 3.63) is 81.0 Å². The van der Waals surface area contributed by atoms with Crippen LogP contribution in [-0.2, 0) is 11.3 Å². The summed E-state index contributed by atoms with van der Waals surface area (Å²) in [7, 11) is 0. The molecule has 0 aliphatic heterocycles. The summed E-state index contributed by atoms with van der Waals surface area (Å²) in [5.74, 6) is -0.529. The van der Waals surface area contributed by atoms with Crippen LogP contribution >= 0.6 is 27.5 Å². The number of halogens is 2. The van der Waals surface area contributed by atoms with Crippen molar-refractivity contribution in [1.29, 1.82) is 0 Å². The molecule has 0 aliphatic carbocycles. The van der Waals surface area contributed by atoms with E-state index in [1.165, 1.54) is 0 Å². The zero-order valence-corrected chi connectivity index (χ0v) is 18.1. The van der Waals surface area contributed by atoms with Crippen molar-refractivity contribution in [2.75, 3.05) is 11.9 Å². The second-order valence-corrected chi connectivity index (χ2v) is 7.73. The fourth-order valence-electron chi connectivity index (χ4n) is 2.81. The van der Waals surface area contributed by atoms with Gasteiger partial charge in [-0.25, -0.2) is 4.68 Å². The molecule has 0 unspecified atom stereocenters. The van der Waals surface area contributed by atoms with Crippen LogP contribution in [0.5, 0.6) is 0 Å². The van der Waals surface area contributed by atoms with E-state index in [0.29, 0.717) is 23.5 Å². The molecule has 0 radical (unpaired) electrons. The van der Waals surface area contributed by atoms with Crippen molar-refractivity contribution in [1.82, 2.24) is 15.1 Å². The minimum absolute atomic E-state index is 0.149. The lowest BCUT2D eigenvalue weighted by Crippen LogP contribution is -2.28. The molecule has 0 atom stereocenters. The van der Waals surface area contributed by atoms with Crippen molar-refractivity contribution in [3.8, 4) is 0 Å². The Morgan fingerprint density at radius 3 is 2.48 bits per heavy atom. The maximum atomic E-state index is 12.5. The maximum Gasteiger partial charge on any atom is 0.256 e. The minimum atomic E-state index is -0.344. The fourth-order valence-corrected chi connectivity index (χ4v) is 3.39. The molecule has 3 rings (SSSR count). The number of benzene rings is 2. The maximum absolute atomic E-state index is 12.5. The Morgan fingerprint density at radius 2 is 1.79 bits per heavy atom. The molecule has 2 amide bonds. The number of aromatic nitrogens is 2. The van der Waals surface area contributed by atoms with E-state index in [-0.39, 0.29) is 29.9 Å². The van der Waals surface area contributed by atoms with Gasteiger partial charge >= 0.3 is 0 Å². The molecule has 150 valence electrons. The Kier molecular flexibility index (Phi) is 7.06. The SMILES string of the molecule is Cc1nn(Cc2ccccc2)c(Cl)c1C(=O)NCCC(=O)Nc1ccc(Br)cc1. The van der Waals surface area contributed by atoms with Gasteiger partial charge < -0.3 is 10.6 Å². The molecular weight excluding hydrogens is 456 g/mol. The Labute approximate surface area is 182 Å². The van der Waals surface area contributed by atoms with Gasteiger partial charge in [-0.15, -0.1) is 0 Å². The Morgan fingerprint density at radius 1 is 1.10 bits per heavy atom. The first-order valence-corrected chi connectivity index (χ1v) is 10.2. The molecule has 29 heavy (non-hydrogen) atoms. The van der Waals surface area contributed by atoms with Crippen molar-refractivity contribution in [2.45, 2.75) is 19.9 Å². The van der Waals surface area contributed by atoms with Crippen LogP contribution in [0.3, 0.4) is 0 Å². The van der Waals surface area contributed by atoms with E-state index in [1.807, 2.05) is 42.5 Å². The zero-order valence-electron chi connectivity index (χ0n) is 15.8. The first kappa shape index (κ1) is 21.1. The van der Waals surface area contributed by atoms with Crippen molar-refractivity contribution >= 4 is 45.0 Å². The van der Waals surface area contributed by atoms with Gasteiger partial charge in [0.15, 0.2) is 0 Å². The van der Waals surface area contributed by atoms with Gasteiger partial charge in [0.05, 0.1) is 17.8 Å². The molecule has 1 aromatic heterocycles. The van der Waals surface area contributed by atoms with Gasteiger partial charge in [-0.2, -0.15) is 5.10 Å². The molecule has 0 fully saturated rings. The van der Waals surface area contributed by atoms with Gasteiger partial charge in [-0.3, -0.25) is 9.59 Å². The Bertz CT molecular complexity index is 1000. The normalized spacial score (nSPS) is 10.6. The predicted octanol–water partition coefficient (Wildman–Crippen LogP) is 4.41. The van der Waals surface area contributed by atoms with Gasteiger partial charge in [-0.1, -0.05) is 57.9 Å². The molecule has 0 aliphatic rings. The highest BCUT2D eigenvalue weighted by molar-refractivity contribution is 9.10. The lowest BCUT2D eigenvalue weighted by molar-refractivity contribution is -0.116. The lowest BCUT2D eigenvalue weighted by Gasteiger charge is -2.07. The number of nitrogens with zero attached hydrogens (tertiary/aromatic N) is 2. The van der Waals surface area contributed by atoms with Crippen LogP contribution in [0.15, 0.2) is 59.1 Å². The van der Waals surface area contributed by atoms with Crippen molar-refractivity contribution in [2.24, 2.45) is 0 Å². The highest BCUT2D eigenvalue weighted by Crippen LogP contribution is 2.21. The van der Waals surface area contributed by atoms with E-state index in [4.69, 9.17) is 11.6 Å². The molecule has 1 heterocycles. The summed E-state index contributed by atoms with van der Waals surface area (Å²) in [6.45, 7) is 2.41. The summed E-state index contributed by atoms with van der Waals surface area (Å²) < 4.78 is 2.53. The van der Waals surface area contributed by atoms with E-state index >= 15 is 0 Å². The van der Waals surface area contributed by atoms with E-state index < -0.39 is 0 Å². The summed E-state index contributed by atoms with van der Waals surface area (Å²) >= 11 is 9.74. The van der Waals surface area contributed by atoms with E-state index in [2.05, 4.69) is 31.7 Å². The zero-order chi connectivity index (χ0) is 20.8. The van der Waals surface area contributed by atoms with E-state index in [1.54, 1.807) is 23.7 Å². The van der Waals surface area contributed by atoms with Crippen LogP contribution in [0.4, 0.5) is 5.69 Å². The monoisotopic (exact) mass is 474 g/mol. The summed E-state index contributed by atoms with van der Waals surface area (Å²) in [6, 6.07) is 17.0.